The van der Waals surface area contributed by atoms with E-state index in [0.717, 1.165) is 16.5 Å². The van der Waals surface area contributed by atoms with Gasteiger partial charge in [-0.25, -0.2) is 14.6 Å². The second kappa shape index (κ2) is 9.56. The maximum atomic E-state index is 12.3. The number of esters is 2. The number of hydrogen-bond acceptors (Lipinski definition) is 8. The average Bonchev–Trinajstić information content (AvgIpc) is 3.18. The summed E-state index contributed by atoms with van der Waals surface area (Å²) < 4.78 is 11.7. The second-order valence-corrected chi connectivity index (χ2v) is 7.52. The molecule has 0 bridgehead atoms. The summed E-state index contributed by atoms with van der Waals surface area (Å²) in [6.07, 6.45) is 3.75. The van der Waals surface area contributed by atoms with Crippen LogP contribution in [0.1, 0.15) is 38.9 Å². The molecule has 8 nitrogen and oxygen atoms in total. The molecular formula is C17H21N3O5S2. The molecule has 0 unspecified atom stereocenters. The van der Waals surface area contributed by atoms with Gasteiger partial charge in [0, 0.05) is 31.6 Å². The van der Waals surface area contributed by atoms with Crippen molar-refractivity contribution in [2.45, 2.75) is 25.4 Å². The monoisotopic (exact) mass is 411 g/mol. The second-order valence-electron chi connectivity index (χ2n) is 5.44. The number of anilines is 1. The molecular weight excluding hydrogens is 390 g/mol. The summed E-state index contributed by atoms with van der Waals surface area (Å²) in [7, 11) is 3.13. The molecule has 2 heterocycles. The van der Waals surface area contributed by atoms with Gasteiger partial charge in [-0.05, 0) is 19.4 Å². The summed E-state index contributed by atoms with van der Waals surface area (Å²) in [6, 6.07) is 0. The molecule has 1 amide bonds. The number of thiophene rings is 1. The van der Waals surface area contributed by atoms with Crippen LogP contribution in [0.5, 0.6) is 0 Å². The van der Waals surface area contributed by atoms with Gasteiger partial charge in [0.15, 0.2) is 5.16 Å². The van der Waals surface area contributed by atoms with Crippen molar-refractivity contribution in [2.75, 3.05) is 24.8 Å². The van der Waals surface area contributed by atoms with Crippen molar-refractivity contribution in [3.63, 3.8) is 0 Å². The van der Waals surface area contributed by atoms with Gasteiger partial charge in [-0.15, -0.1) is 11.3 Å². The van der Waals surface area contributed by atoms with Gasteiger partial charge in [-0.3, -0.25) is 4.79 Å². The Morgan fingerprint density at radius 3 is 2.67 bits per heavy atom. The molecule has 10 heteroatoms. The number of rotatable bonds is 8. The molecule has 1 N–H and O–H groups in total. The van der Waals surface area contributed by atoms with Gasteiger partial charge < -0.3 is 19.4 Å². The number of carbonyl (C=O) groups is 3. The van der Waals surface area contributed by atoms with Crippen molar-refractivity contribution in [2.24, 2.45) is 7.05 Å². The minimum Gasteiger partial charge on any atom is -0.465 e. The molecule has 0 atom stereocenters. The lowest BCUT2D eigenvalue weighted by atomic mass is 10.1. The van der Waals surface area contributed by atoms with E-state index in [9.17, 15) is 14.4 Å². The first-order chi connectivity index (χ1) is 12.9. The molecule has 2 rings (SSSR count). The zero-order valence-corrected chi connectivity index (χ0v) is 17.2. The molecule has 2 aromatic heterocycles. The van der Waals surface area contributed by atoms with Crippen LogP contribution >= 0.6 is 23.1 Å². The van der Waals surface area contributed by atoms with Crippen molar-refractivity contribution < 1.29 is 23.9 Å². The number of thioether (sulfide) groups is 1. The number of carbonyl (C=O) groups excluding carboxylic acids is 3. The fourth-order valence-electron chi connectivity index (χ4n) is 2.26. The molecule has 146 valence electrons. The number of aromatic nitrogens is 2. The molecule has 0 saturated carbocycles. The van der Waals surface area contributed by atoms with Gasteiger partial charge in [0.05, 0.1) is 19.3 Å². The number of aryl methyl sites for hydroxylation is 1. The molecule has 0 saturated heterocycles. The van der Waals surface area contributed by atoms with Crippen molar-refractivity contribution in [1.82, 2.24) is 9.55 Å². The predicted octanol–water partition coefficient (Wildman–Crippen LogP) is 2.87. The number of nitrogens with zero attached hydrogens (tertiary/aromatic N) is 2. The van der Waals surface area contributed by atoms with E-state index in [0.29, 0.717) is 11.3 Å². The Bertz CT molecular complexity index is 844. The van der Waals surface area contributed by atoms with E-state index in [1.165, 1.54) is 18.9 Å². The van der Waals surface area contributed by atoms with Gasteiger partial charge in [-0.1, -0.05) is 11.8 Å². The highest BCUT2D eigenvalue weighted by atomic mass is 32.2. The Morgan fingerprint density at radius 1 is 1.33 bits per heavy atom. The summed E-state index contributed by atoms with van der Waals surface area (Å²) in [4.78, 5) is 40.9. The summed E-state index contributed by atoms with van der Waals surface area (Å²) in [5.74, 6) is -0.884. The van der Waals surface area contributed by atoms with Crippen LogP contribution in [-0.4, -0.2) is 46.9 Å². The number of imidazole rings is 1. The van der Waals surface area contributed by atoms with Crippen molar-refractivity contribution in [1.29, 1.82) is 0 Å². The Kier molecular flexibility index (Phi) is 7.43. The fraction of sp³-hybridized carbons (Fsp3) is 0.412. The number of amides is 1. The Balaban J connectivity index is 2.10. The third-order valence-corrected chi connectivity index (χ3v) is 5.83. The molecule has 0 aliphatic carbocycles. The lowest BCUT2D eigenvalue weighted by Gasteiger charge is -2.06. The number of methoxy groups -OCH3 is 1. The van der Waals surface area contributed by atoms with Crippen LogP contribution in [0.25, 0.3) is 0 Å². The van der Waals surface area contributed by atoms with Gasteiger partial charge in [0.1, 0.15) is 9.88 Å². The SMILES string of the molecule is CCOC(=O)c1sc(NC(=O)CCSc2nccn2C)c(C(=O)OC)c1C. The summed E-state index contributed by atoms with van der Waals surface area (Å²) in [5.41, 5.74) is 0.610. The number of hydrogen-bond donors (Lipinski definition) is 1. The standard InChI is InChI=1S/C17H21N3O5S2/c1-5-25-16(23)13-10(2)12(15(22)24-4)14(27-13)19-11(21)6-9-26-17-18-7-8-20(17)3/h7-8H,5-6,9H2,1-4H3,(H,19,21). The van der Waals surface area contributed by atoms with E-state index in [1.807, 2.05) is 17.8 Å². The number of ether oxygens (including phenoxy) is 2. The maximum Gasteiger partial charge on any atom is 0.348 e. The van der Waals surface area contributed by atoms with Gasteiger partial charge in [-0.2, -0.15) is 0 Å². The zero-order valence-electron chi connectivity index (χ0n) is 15.5. The molecule has 0 spiro atoms. The van der Waals surface area contributed by atoms with Crippen LogP contribution in [0.15, 0.2) is 17.6 Å². The largest absolute Gasteiger partial charge is 0.465 e. The highest BCUT2D eigenvalue weighted by molar-refractivity contribution is 7.99. The maximum absolute atomic E-state index is 12.3. The molecule has 2 aromatic rings. The van der Waals surface area contributed by atoms with Crippen LogP contribution in [-0.2, 0) is 21.3 Å². The van der Waals surface area contributed by atoms with Gasteiger partial charge in [0.25, 0.3) is 0 Å². The van der Waals surface area contributed by atoms with Crippen LogP contribution in [0, 0.1) is 6.92 Å². The summed E-state index contributed by atoms with van der Waals surface area (Å²) in [6.45, 7) is 3.54. The quantitative estimate of drug-likeness (QED) is 0.527. The molecule has 0 aromatic carbocycles. The minimum absolute atomic E-state index is 0.177. The Hall–Kier alpha value is -2.33. The van der Waals surface area contributed by atoms with Crippen LogP contribution < -0.4 is 5.32 Å². The third-order valence-electron chi connectivity index (χ3n) is 3.59. The van der Waals surface area contributed by atoms with E-state index in [-0.39, 0.29) is 34.4 Å². The lowest BCUT2D eigenvalue weighted by molar-refractivity contribution is -0.115. The smallest absolute Gasteiger partial charge is 0.348 e. The van der Waals surface area contributed by atoms with Gasteiger partial charge in [0.2, 0.25) is 5.91 Å². The lowest BCUT2D eigenvalue weighted by Crippen LogP contribution is -2.14. The summed E-state index contributed by atoms with van der Waals surface area (Å²) >= 11 is 2.47. The molecule has 0 radical (unpaired) electrons. The molecule has 0 fully saturated rings. The average molecular weight is 412 g/mol. The Labute approximate surface area is 165 Å². The first-order valence-electron chi connectivity index (χ1n) is 8.17. The van der Waals surface area contributed by atoms with Gasteiger partial charge >= 0.3 is 11.9 Å². The van der Waals surface area contributed by atoms with E-state index >= 15 is 0 Å². The molecule has 27 heavy (non-hydrogen) atoms. The number of nitrogens with one attached hydrogen (secondary N) is 1. The third kappa shape index (κ3) is 5.10. The summed E-state index contributed by atoms with van der Waals surface area (Å²) in [5, 5.41) is 3.81. The van der Waals surface area contributed by atoms with E-state index < -0.39 is 11.9 Å². The Morgan fingerprint density at radius 2 is 2.07 bits per heavy atom. The van der Waals surface area contributed by atoms with Crippen LogP contribution in [0.4, 0.5) is 5.00 Å². The first kappa shape index (κ1) is 21.0. The molecule has 0 aliphatic rings. The van der Waals surface area contributed by atoms with Crippen LogP contribution in [0.2, 0.25) is 0 Å². The normalized spacial score (nSPS) is 10.5. The van der Waals surface area contributed by atoms with Crippen molar-refractivity contribution >= 4 is 45.9 Å². The fourth-order valence-corrected chi connectivity index (χ4v) is 4.23. The minimum atomic E-state index is -0.614. The highest BCUT2D eigenvalue weighted by Gasteiger charge is 2.26. The zero-order chi connectivity index (χ0) is 20.0. The van der Waals surface area contributed by atoms with Crippen molar-refractivity contribution in [3.05, 3.63) is 28.4 Å². The van der Waals surface area contributed by atoms with Crippen LogP contribution in [0.3, 0.4) is 0 Å². The van der Waals surface area contributed by atoms with E-state index in [4.69, 9.17) is 9.47 Å². The topological polar surface area (TPSA) is 99.5 Å². The van der Waals surface area contributed by atoms with E-state index in [1.54, 1.807) is 20.0 Å². The van der Waals surface area contributed by atoms with Crippen molar-refractivity contribution in [3.8, 4) is 0 Å². The first-order valence-corrected chi connectivity index (χ1v) is 9.98. The molecule has 0 aliphatic heterocycles. The van der Waals surface area contributed by atoms with E-state index in [2.05, 4.69) is 10.3 Å². The highest BCUT2D eigenvalue weighted by Crippen LogP contribution is 2.34. The predicted molar refractivity (Wildman–Crippen MR) is 104 cm³/mol.